The van der Waals surface area contributed by atoms with Gasteiger partial charge in [-0.1, -0.05) is 19.3 Å². The lowest BCUT2D eigenvalue weighted by Crippen LogP contribution is -2.42. The maximum atomic E-state index is 11.9. The lowest BCUT2D eigenvalue weighted by Gasteiger charge is -2.27. The van der Waals surface area contributed by atoms with E-state index in [9.17, 15) is 9.90 Å². The summed E-state index contributed by atoms with van der Waals surface area (Å²) in [5, 5.41) is 12.9. The molecular weight excluding hydrogens is 244 g/mol. The lowest BCUT2D eigenvalue weighted by molar-refractivity contribution is -0.132. The molecule has 1 saturated heterocycles. The maximum absolute atomic E-state index is 11.9. The topological polar surface area (TPSA) is 84.6 Å². The summed E-state index contributed by atoms with van der Waals surface area (Å²) in [6.45, 7) is 0.811. The van der Waals surface area contributed by atoms with Gasteiger partial charge in [-0.3, -0.25) is 4.79 Å². The first-order valence-electron chi connectivity index (χ1n) is 7.52. The fraction of sp³-hybridized carbons (Fsp3) is 0.929. The smallest absolute Gasteiger partial charge is 0.249 e. The third-order valence-corrected chi connectivity index (χ3v) is 4.34. The molecule has 0 spiro atoms. The first kappa shape index (κ1) is 14.8. The summed E-state index contributed by atoms with van der Waals surface area (Å²) >= 11 is 0. The van der Waals surface area contributed by atoms with Crippen LogP contribution in [0.2, 0.25) is 0 Å². The van der Waals surface area contributed by atoms with Crippen LogP contribution in [0.4, 0.5) is 0 Å². The zero-order chi connectivity index (χ0) is 13.7. The van der Waals surface area contributed by atoms with Crippen LogP contribution in [0, 0.1) is 5.92 Å². The highest BCUT2D eigenvalue weighted by Crippen LogP contribution is 2.26. The van der Waals surface area contributed by atoms with Gasteiger partial charge < -0.3 is 20.9 Å². The molecule has 1 aliphatic heterocycles. The lowest BCUT2D eigenvalue weighted by atomic mass is 9.85. The summed E-state index contributed by atoms with van der Waals surface area (Å²) in [6.07, 6.45) is 6.60. The number of amides is 1. The number of ether oxygens (including phenoxy) is 1. The largest absolute Gasteiger partial charge is 0.391 e. The van der Waals surface area contributed by atoms with Crippen molar-refractivity contribution >= 4 is 5.91 Å². The Bertz CT molecular complexity index is 292. The van der Waals surface area contributed by atoms with E-state index in [4.69, 9.17) is 10.5 Å². The van der Waals surface area contributed by atoms with Gasteiger partial charge >= 0.3 is 0 Å². The molecule has 1 heterocycles. The number of aliphatic hydroxyl groups is 1. The molecule has 0 aromatic carbocycles. The molecule has 2 aliphatic rings. The summed E-state index contributed by atoms with van der Waals surface area (Å²) < 4.78 is 5.53. The SMILES string of the molecule is NC[C@H]1CC[C@@H](C(=O)NCC(O)C2CCCCC2)O1. The summed E-state index contributed by atoms with van der Waals surface area (Å²) in [4.78, 5) is 11.9. The Morgan fingerprint density at radius 3 is 2.63 bits per heavy atom. The minimum atomic E-state index is -0.420. The van der Waals surface area contributed by atoms with Gasteiger partial charge in [-0.15, -0.1) is 0 Å². The van der Waals surface area contributed by atoms with Crippen LogP contribution < -0.4 is 11.1 Å². The highest BCUT2D eigenvalue weighted by atomic mass is 16.5. The van der Waals surface area contributed by atoms with Crippen LogP contribution in [0.1, 0.15) is 44.9 Å². The highest BCUT2D eigenvalue weighted by molar-refractivity contribution is 5.81. The Labute approximate surface area is 114 Å². The predicted octanol–water partition coefficient (Wildman–Crippen LogP) is 0.550. The van der Waals surface area contributed by atoms with Crippen LogP contribution in [0.15, 0.2) is 0 Å². The van der Waals surface area contributed by atoms with Gasteiger partial charge in [-0.2, -0.15) is 0 Å². The van der Waals surface area contributed by atoms with Gasteiger partial charge in [0, 0.05) is 13.1 Å². The third-order valence-electron chi connectivity index (χ3n) is 4.34. The van der Waals surface area contributed by atoms with Gasteiger partial charge in [-0.25, -0.2) is 0 Å². The zero-order valence-electron chi connectivity index (χ0n) is 11.5. The second-order valence-electron chi connectivity index (χ2n) is 5.77. The summed E-state index contributed by atoms with van der Waals surface area (Å²) in [6, 6.07) is 0. The second-order valence-corrected chi connectivity index (χ2v) is 5.77. The molecule has 4 N–H and O–H groups in total. The van der Waals surface area contributed by atoms with Gasteiger partial charge in [-0.05, 0) is 31.6 Å². The van der Waals surface area contributed by atoms with Crippen LogP contribution in [0.5, 0.6) is 0 Å². The number of carbonyl (C=O) groups excluding carboxylic acids is 1. The molecule has 1 amide bonds. The molecule has 0 aromatic rings. The Balaban J connectivity index is 1.68. The van der Waals surface area contributed by atoms with Crippen LogP contribution in [-0.4, -0.2) is 42.4 Å². The number of rotatable bonds is 5. The number of nitrogens with two attached hydrogens (primary N) is 1. The normalized spacial score (nSPS) is 30.2. The fourth-order valence-corrected chi connectivity index (χ4v) is 3.08. The van der Waals surface area contributed by atoms with Crippen LogP contribution in [0.25, 0.3) is 0 Å². The van der Waals surface area contributed by atoms with E-state index in [-0.39, 0.29) is 18.1 Å². The molecule has 110 valence electrons. The quantitative estimate of drug-likeness (QED) is 0.681. The Morgan fingerprint density at radius 2 is 2.00 bits per heavy atom. The average Bonchev–Trinajstić information content (AvgIpc) is 2.94. The molecule has 5 heteroatoms. The predicted molar refractivity (Wildman–Crippen MR) is 72.5 cm³/mol. The highest BCUT2D eigenvalue weighted by Gasteiger charge is 2.30. The van der Waals surface area contributed by atoms with Crippen molar-refractivity contribution in [3.8, 4) is 0 Å². The van der Waals surface area contributed by atoms with Crippen molar-refractivity contribution < 1.29 is 14.6 Å². The van der Waals surface area contributed by atoms with Crippen LogP contribution in [-0.2, 0) is 9.53 Å². The first-order valence-corrected chi connectivity index (χ1v) is 7.52. The van der Waals surface area contributed by atoms with E-state index in [1.54, 1.807) is 0 Å². The van der Waals surface area contributed by atoms with Gasteiger partial charge in [0.2, 0.25) is 5.91 Å². The van der Waals surface area contributed by atoms with Gasteiger partial charge in [0.05, 0.1) is 12.2 Å². The Kier molecular flexibility index (Phi) is 5.60. The standard InChI is InChI=1S/C14H26N2O3/c15-8-11-6-7-13(19-11)14(18)16-9-12(17)10-4-2-1-3-5-10/h10-13,17H,1-9,15H2,(H,16,18)/t11-,12?,13+/m1/s1. The minimum Gasteiger partial charge on any atom is -0.391 e. The Hall–Kier alpha value is -0.650. The molecule has 0 radical (unpaired) electrons. The summed E-state index contributed by atoms with van der Waals surface area (Å²) in [7, 11) is 0. The molecular formula is C14H26N2O3. The molecule has 19 heavy (non-hydrogen) atoms. The van der Waals surface area contributed by atoms with E-state index in [0.717, 1.165) is 25.7 Å². The van der Waals surface area contributed by atoms with Crippen LogP contribution in [0.3, 0.4) is 0 Å². The van der Waals surface area contributed by atoms with Gasteiger partial charge in [0.1, 0.15) is 6.10 Å². The number of nitrogens with one attached hydrogen (secondary N) is 1. The molecule has 2 rings (SSSR count). The van der Waals surface area contributed by atoms with E-state index in [1.807, 2.05) is 0 Å². The van der Waals surface area contributed by atoms with Crippen molar-refractivity contribution in [3.05, 3.63) is 0 Å². The van der Waals surface area contributed by atoms with Crippen molar-refractivity contribution in [2.75, 3.05) is 13.1 Å². The zero-order valence-corrected chi connectivity index (χ0v) is 11.5. The molecule has 2 fully saturated rings. The fourth-order valence-electron chi connectivity index (χ4n) is 3.08. The van der Waals surface area contributed by atoms with Gasteiger partial charge in [0.15, 0.2) is 0 Å². The number of hydrogen-bond acceptors (Lipinski definition) is 4. The van der Waals surface area contributed by atoms with E-state index in [1.165, 1.54) is 19.3 Å². The molecule has 5 nitrogen and oxygen atoms in total. The molecule has 0 bridgehead atoms. The molecule has 3 atom stereocenters. The molecule has 1 unspecified atom stereocenters. The second kappa shape index (κ2) is 7.22. The van der Waals surface area contributed by atoms with Crippen molar-refractivity contribution in [3.63, 3.8) is 0 Å². The van der Waals surface area contributed by atoms with E-state index < -0.39 is 6.10 Å². The van der Waals surface area contributed by atoms with E-state index in [2.05, 4.69) is 5.32 Å². The number of hydrogen-bond donors (Lipinski definition) is 3. The minimum absolute atomic E-state index is 0.0130. The first-order chi connectivity index (χ1) is 9.20. The van der Waals surface area contributed by atoms with Crippen molar-refractivity contribution in [2.24, 2.45) is 11.7 Å². The number of aliphatic hydroxyl groups excluding tert-OH is 1. The number of carbonyl (C=O) groups is 1. The van der Waals surface area contributed by atoms with E-state index >= 15 is 0 Å². The molecule has 1 saturated carbocycles. The summed E-state index contributed by atoms with van der Waals surface area (Å²) in [5.74, 6) is 0.237. The average molecular weight is 270 g/mol. The molecule has 0 aromatic heterocycles. The van der Waals surface area contributed by atoms with Crippen molar-refractivity contribution in [1.29, 1.82) is 0 Å². The monoisotopic (exact) mass is 270 g/mol. The Morgan fingerprint density at radius 1 is 1.26 bits per heavy atom. The summed E-state index contributed by atoms with van der Waals surface area (Å²) in [5.41, 5.74) is 5.52. The maximum Gasteiger partial charge on any atom is 0.249 e. The van der Waals surface area contributed by atoms with Gasteiger partial charge in [0.25, 0.3) is 0 Å². The van der Waals surface area contributed by atoms with Crippen molar-refractivity contribution in [1.82, 2.24) is 5.32 Å². The molecule has 1 aliphatic carbocycles. The van der Waals surface area contributed by atoms with Crippen LogP contribution >= 0.6 is 0 Å². The third kappa shape index (κ3) is 4.16. The van der Waals surface area contributed by atoms with E-state index in [0.29, 0.717) is 19.0 Å². The van der Waals surface area contributed by atoms with Crippen molar-refractivity contribution in [2.45, 2.75) is 63.3 Å².